The normalized spacial score (nSPS) is 14.6. The van der Waals surface area contributed by atoms with Crippen LogP contribution in [0.5, 0.6) is 0 Å². The fraction of sp³-hybridized carbons (Fsp3) is 0.734. The lowest BCUT2D eigenvalue weighted by atomic mass is 10.0. The van der Waals surface area contributed by atoms with Gasteiger partial charge in [-0.15, -0.1) is 0 Å². The van der Waals surface area contributed by atoms with Gasteiger partial charge in [-0.05, 0) is 77.0 Å². The average molecular weight is 1040 g/mol. The number of nitrogens with one attached hydrogen (secondary N) is 1. The van der Waals surface area contributed by atoms with Crippen LogP contribution in [0.15, 0.2) is 97.2 Å². The van der Waals surface area contributed by atoms with E-state index >= 15 is 0 Å². The van der Waals surface area contributed by atoms with Gasteiger partial charge < -0.3 is 19.8 Å². The fourth-order valence-electron chi connectivity index (χ4n) is 8.38. The summed E-state index contributed by atoms with van der Waals surface area (Å²) in [5, 5.41) is 13.8. The molecule has 0 saturated carbocycles. The van der Waals surface area contributed by atoms with E-state index in [0.717, 1.165) is 83.5 Å². The Morgan fingerprint density at radius 2 is 0.822 bits per heavy atom. The Kier molecular flexibility index (Phi) is 52.3. The molecule has 8 nitrogen and oxygen atoms in total. The van der Waals surface area contributed by atoms with Gasteiger partial charge >= 0.3 is 7.82 Å². The molecule has 0 aliphatic heterocycles. The van der Waals surface area contributed by atoms with Crippen LogP contribution in [0.1, 0.15) is 251 Å². The number of aliphatic hydroxyl groups excluding tert-OH is 1. The van der Waals surface area contributed by atoms with E-state index in [2.05, 4.69) is 104 Å². The van der Waals surface area contributed by atoms with Crippen LogP contribution in [0, 0.1) is 0 Å². The summed E-state index contributed by atoms with van der Waals surface area (Å²) in [5.74, 6) is -0.179. The van der Waals surface area contributed by atoms with Gasteiger partial charge in [0.05, 0.1) is 39.9 Å². The summed E-state index contributed by atoms with van der Waals surface area (Å²) in [6.45, 7) is 4.68. The molecule has 0 radical (unpaired) electrons. The van der Waals surface area contributed by atoms with Crippen LogP contribution in [0.2, 0.25) is 0 Å². The molecule has 0 spiro atoms. The summed E-state index contributed by atoms with van der Waals surface area (Å²) >= 11 is 0. The molecule has 0 bridgehead atoms. The van der Waals surface area contributed by atoms with Crippen molar-refractivity contribution in [2.75, 3.05) is 40.9 Å². The van der Waals surface area contributed by atoms with Crippen molar-refractivity contribution in [1.82, 2.24) is 5.32 Å². The highest BCUT2D eigenvalue weighted by Gasteiger charge is 2.27. The predicted octanol–water partition coefficient (Wildman–Crippen LogP) is 18.6. The van der Waals surface area contributed by atoms with E-state index < -0.39 is 20.0 Å². The van der Waals surface area contributed by atoms with Crippen LogP contribution in [0.25, 0.3) is 0 Å². The molecule has 0 heterocycles. The fourth-order valence-corrected chi connectivity index (χ4v) is 9.11. The number of nitrogens with zero attached hydrogens (tertiary/aromatic N) is 1. The second-order valence-corrected chi connectivity index (χ2v) is 22.8. The zero-order chi connectivity index (χ0) is 53.5. The maximum absolute atomic E-state index is 12.9. The quantitative estimate of drug-likeness (QED) is 0.0243. The van der Waals surface area contributed by atoms with Crippen LogP contribution < -0.4 is 5.32 Å². The SMILES string of the molecule is CC/C=C\C/C=C\C/C=C\C/C=C\C/C=C\C/C=C\C/C=C\CCCCCCCCCCCCCCCCCCCCCC(=O)NC(COP(=O)(O)OCC[N+](C)(C)C)C(O)/C=C/CCCCCCCCCC. The predicted molar refractivity (Wildman–Crippen MR) is 318 cm³/mol. The zero-order valence-electron chi connectivity index (χ0n) is 48.1. The second kappa shape index (κ2) is 54.2. The van der Waals surface area contributed by atoms with Crippen molar-refractivity contribution in [3.05, 3.63) is 97.2 Å². The van der Waals surface area contributed by atoms with Gasteiger partial charge in [0.15, 0.2) is 0 Å². The number of allylic oxidation sites excluding steroid dienone is 15. The molecule has 9 heteroatoms. The van der Waals surface area contributed by atoms with Gasteiger partial charge in [-0.25, -0.2) is 4.57 Å². The van der Waals surface area contributed by atoms with Crippen molar-refractivity contribution in [3.8, 4) is 0 Å². The van der Waals surface area contributed by atoms with Gasteiger partial charge in [-0.3, -0.25) is 13.8 Å². The highest BCUT2D eigenvalue weighted by molar-refractivity contribution is 7.47. The lowest BCUT2D eigenvalue weighted by molar-refractivity contribution is -0.870. The maximum atomic E-state index is 12.9. The number of carbonyl (C=O) groups excluding carboxylic acids is 1. The molecule has 3 unspecified atom stereocenters. The minimum atomic E-state index is -4.34. The van der Waals surface area contributed by atoms with Gasteiger partial charge in [-0.1, -0.05) is 265 Å². The van der Waals surface area contributed by atoms with Crippen molar-refractivity contribution in [2.45, 2.75) is 264 Å². The Bertz CT molecular complexity index is 1510. The maximum Gasteiger partial charge on any atom is 0.472 e. The summed E-state index contributed by atoms with van der Waals surface area (Å²) in [4.78, 5) is 23.2. The van der Waals surface area contributed by atoms with E-state index in [9.17, 15) is 19.4 Å². The van der Waals surface area contributed by atoms with Crippen LogP contribution in [0.3, 0.4) is 0 Å². The monoisotopic (exact) mass is 1040 g/mol. The van der Waals surface area contributed by atoms with E-state index in [-0.39, 0.29) is 19.1 Å². The second-order valence-electron chi connectivity index (χ2n) is 21.3. The van der Waals surface area contributed by atoms with Crippen molar-refractivity contribution < 1.29 is 32.9 Å². The number of unbranched alkanes of at least 4 members (excludes halogenated alkanes) is 27. The summed E-state index contributed by atoms with van der Waals surface area (Å²) in [7, 11) is 1.57. The Balaban J connectivity index is 3.88. The standard InChI is InChI=1S/C64H115N2O6P/c1-6-8-10-12-14-16-18-19-20-21-22-23-24-25-26-27-28-29-30-31-32-33-34-35-36-37-38-39-40-41-42-43-44-45-46-47-48-50-52-54-56-58-64(68)65-62(61-72-73(69,70)71-60-59-66(3,4)5)63(67)57-55-53-51-49-17-15-13-11-9-7-2/h8,10,14,16,19-20,22-23,25-26,28-29,31-32,55,57,62-63,67H,6-7,9,11-13,15,17-18,21,24,27,30,33-54,56,58-61H2,1-5H3,(H-,65,68,69,70)/p+1/b10-8-,16-14-,20-19-,23-22-,26-25-,29-28-,32-31-,57-55+. The molecule has 0 aromatic carbocycles. The Hall–Kier alpha value is -2.58. The zero-order valence-corrected chi connectivity index (χ0v) is 49.0. The number of phosphoric acid groups is 1. The average Bonchev–Trinajstić information content (AvgIpc) is 3.35. The summed E-state index contributed by atoms with van der Waals surface area (Å²) in [6.07, 6.45) is 78.3. The smallest absolute Gasteiger partial charge is 0.387 e. The van der Waals surface area contributed by atoms with Crippen LogP contribution in [0.4, 0.5) is 0 Å². The number of likely N-dealkylation sites (N-methyl/N-ethyl adjacent to an activating group) is 1. The number of hydrogen-bond donors (Lipinski definition) is 3. The Labute approximate surface area is 451 Å². The number of carbonyl (C=O) groups is 1. The molecule has 3 N–H and O–H groups in total. The van der Waals surface area contributed by atoms with E-state index in [4.69, 9.17) is 9.05 Å². The van der Waals surface area contributed by atoms with Gasteiger partial charge in [0, 0.05) is 6.42 Å². The molecule has 0 fully saturated rings. The highest BCUT2D eigenvalue weighted by Crippen LogP contribution is 2.43. The number of hydrogen-bond acceptors (Lipinski definition) is 5. The largest absolute Gasteiger partial charge is 0.472 e. The molecule has 0 aliphatic carbocycles. The molecule has 73 heavy (non-hydrogen) atoms. The molecule has 0 saturated heterocycles. The first-order chi connectivity index (χ1) is 35.5. The first-order valence-corrected chi connectivity index (χ1v) is 31.6. The Morgan fingerprint density at radius 1 is 0.479 bits per heavy atom. The number of rotatable bonds is 54. The molecule has 1 amide bonds. The number of aliphatic hydroxyl groups is 1. The van der Waals surface area contributed by atoms with Crippen molar-refractivity contribution in [3.63, 3.8) is 0 Å². The highest BCUT2D eigenvalue weighted by atomic mass is 31.2. The molecule has 0 aromatic heterocycles. The molecule has 3 atom stereocenters. The van der Waals surface area contributed by atoms with Crippen LogP contribution >= 0.6 is 7.82 Å². The first-order valence-electron chi connectivity index (χ1n) is 30.1. The molecule has 422 valence electrons. The van der Waals surface area contributed by atoms with Crippen molar-refractivity contribution >= 4 is 13.7 Å². The molecule has 0 aliphatic rings. The van der Waals surface area contributed by atoms with Gasteiger partial charge in [-0.2, -0.15) is 0 Å². The lowest BCUT2D eigenvalue weighted by Crippen LogP contribution is -2.45. The summed E-state index contributed by atoms with van der Waals surface area (Å²) in [6, 6.07) is -0.847. The van der Waals surface area contributed by atoms with E-state index in [0.29, 0.717) is 17.4 Å². The first kappa shape index (κ1) is 70.4. The van der Waals surface area contributed by atoms with E-state index in [1.54, 1.807) is 6.08 Å². The summed E-state index contributed by atoms with van der Waals surface area (Å²) < 4.78 is 23.6. The minimum Gasteiger partial charge on any atom is -0.387 e. The topological polar surface area (TPSA) is 105 Å². The summed E-state index contributed by atoms with van der Waals surface area (Å²) in [5.41, 5.74) is 0. The molecular weight excluding hydrogens is 924 g/mol. The van der Waals surface area contributed by atoms with Gasteiger partial charge in [0.1, 0.15) is 13.2 Å². The minimum absolute atomic E-state index is 0.0598. The number of phosphoric ester groups is 1. The van der Waals surface area contributed by atoms with E-state index in [1.165, 1.54) is 148 Å². The number of amides is 1. The van der Waals surface area contributed by atoms with Crippen LogP contribution in [-0.2, 0) is 18.4 Å². The third kappa shape index (κ3) is 57.0. The number of quaternary nitrogens is 1. The lowest BCUT2D eigenvalue weighted by Gasteiger charge is -2.25. The third-order valence-electron chi connectivity index (χ3n) is 13.1. The third-order valence-corrected chi connectivity index (χ3v) is 14.0. The molecule has 0 rings (SSSR count). The van der Waals surface area contributed by atoms with Crippen molar-refractivity contribution in [1.29, 1.82) is 0 Å². The molecular formula is C64H116N2O6P+. The molecule has 0 aromatic rings. The Morgan fingerprint density at radius 3 is 1.21 bits per heavy atom. The van der Waals surface area contributed by atoms with E-state index in [1.807, 2.05) is 27.2 Å². The van der Waals surface area contributed by atoms with Crippen molar-refractivity contribution in [2.24, 2.45) is 0 Å². The van der Waals surface area contributed by atoms with Gasteiger partial charge in [0.25, 0.3) is 0 Å². The van der Waals surface area contributed by atoms with Crippen LogP contribution in [-0.4, -0.2) is 73.4 Å². The van der Waals surface area contributed by atoms with Gasteiger partial charge in [0.2, 0.25) is 5.91 Å².